The molecule has 5 heterocycles. The van der Waals surface area contributed by atoms with Gasteiger partial charge in [0.25, 0.3) is 6.71 Å². The van der Waals surface area contributed by atoms with E-state index in [0.717, 1.165) is 59.7 Å². The van der Waals surface area contributed by atoms with Gasteiger partial charge in [-0.15, -0.1) is 11.3 Å². The lowest BCUT2D eigenvalue weighted by atomic mass is 9.33. The Morgan fingerprint density at radius 1 is 0.439 bits per heavy atom. The Morgan fingerprint density at radius 3 is 1.80 bits per heavy atom. The van der Waals surface area contributed by atoms with Gasteiger partial charge < -0.3 is 19.1 Å². The largest absolute Gasteiger partial charge is 0.454 e. The predicted molar refractivity (Wildman–Crippen MR) is 353 cm³/mol. The van der Waals surface area contributed by atoms with E-state index in [9.17, 15) is 0 Å². The first-order chi connectivity index (χ1) is 39.0. The molecule has 0 bridgehead atoms. The van der Waals surface area contributed by atoms with E-state index in [1.807, 2.05) is 11.3 Å². The molecule has 1 fully saturated rings. The second kappa shape index (κ2) is 16.5. The molecule has 0 N–H and O–H groups in total. The van der Waals surface area contributed by atoms with Gasteiger partial charge in [-0.1, -0.05) is 175 Å². The molecule has 412 valence electrons. The molecule has 6 aliphatic rings. The summed E-state index contributed by atoms with van der Waals surface area (Å²) in [4.78, 5) is 8.29. The highest BCUT2D eigenvalue weighted by Gasteiger charge is 2.59. The smallest absolute Gasteiger partial charge is 0.252 e. The molecule has 0 amide bonds. The lowest BCUT2D eigenvalue weighted by Gasteiger charge is -2.51. The molecule has 0 spiro atoms. The molecule has 82 heavy (non-hydrogen) atoms. The molecule has 3 aliphatic heterocycles. The van der Waals surface area contributed by atoms with Crippen molar-refractivity contribution in [1.82, 2.24) is 0 Å². The fraction of sp³-hybridized carbons (Fsp3) is 0.368. The number of para-hydroxylation sites is 2. The molecule has 6 heteroatoms. The van der Waals surface area contributed by atoms with E-state index in [0.29, 0.717) is 0 Å². The van der Waals surface area contributed by atoms with Gasteiger partial charge in [0.2, 0.25) is 0 Å². The van der Waals surface area contributed by atoms with Gasteiger partial charge in [0, 0.05) is 70.8 Å². The van der Waals surface area contributed by atoms with Gasteiger partial charge in [0.15, 0.2) is 5.58 Å². The van der Waals surface area contributed by atoms with Crippen LogP contribution in [0.25, 0.3) is 42.1 Å². The minimum absolute atomic E-state index is 0.000198. The maximum atomic E-state index is 7.20. The van der Waals surface area contributed by atoms with Crippen molar-refractivity contribution >= 4 is 122 Å². The molecule has 16 rings (SSSR count). The van der Waals surface area contributed by atoms with Crippen molar-refractivity contribution in [2.24, 2.45) is 0 Å². The first kappa shape index (κ1) is 50.9. The quantitative estimate of drug-likeness (QED) is 0.165. The second-order valence-electron chi connectivity index (χ2n) is 30.1. The number of hydrogen-bond donors (Lipinski definition) is 0. The lowest BCUT2D eigenvalue weighted by molar-refractivity contribution is 0.195. The highest BCUT2D eigenvalue weighted by Crippen LogP contribution is 2.63. The van der Waals surface area contributed by atoms with E-state index in [1.54, 1.807) is 0 Å². The van der Waals surface area contributed by atoms with Gasteiger partial charge in [-0.3, -0.25) is 0 Å². The summed E-state index contributed by atoms with van der Waals surface area (Å²) in [7, 11) is 0. The summed E-state index contributed by atoms with van der Waals surface area (Å²) in [5.74, 6) is 0. The van der Waals surface area contributed by atoms with Crippen molar-refractivity contribution in [2.75, 3.05) is 14.7 Å². The van der Waals surface area contributed by atoms with Crippen LogP contribution in [0.2, 0.25) is 0 Å². The van der Waals surface area contributed by atoms with E-state index >= 15 is 0 Å². The van der Waals surface area contributed by atoms with Crippen LogP contribution < -0.4 is 31.1 Å². The van der Waals surface area contributed by atoms with E-state index in [2.05, 4.69) is 244 Å². The minimum atomic E-state index is -0.183. The van der Waals surface area contributed by atoms with Gasteiger partial charge in [-0.25, -0.2) is 0 Å². The third kappa shape index (κ3) is 6.79. The van der Waals surface area contributed by atoms with Gasteiger partial charge in [-0.05, 0) is 188 Å². The average molecular weight is 1090 g/mol. The van der Waals surface area contributed by atoms with Crippen molar-refractivity contribution in [3.05, 3.63) is 173 Å². The number of furan rings is 1. The summed E-state index contributed by atoms with van der Waals surface area (Å²) in [6.07, 6.45) is 9.37. The van der Waals surface area contributed by atoms with Gasteiger partial charge in [0.05, 0.1) is 11.2 Å². The summed E-state index contributed by atoms with van der Waals surface area (Å²) in [5.41, 5.74) is 24.7. The Hall–Kier alpha value is -6.76. The zero-order valence-electron chi connectivity index (χ0n) is 50.7. The van der Waals surface area contributed by atoms with Crippen LogP contribution in [0.15, 0.2) is 144 Å². The molecule has 3 aliphatic carbocycles. The number of fused-ring (bicyclic) bond motifs is 15. The molecule has 10 aromatic rings. The molecular weight excluding hydrogens is 1010 g/mol. The van der Waals surface area contributed by atoms with E-state index in [4.69, 9.17) is 4.42 Å². The monoisotopic (exact) mass is 1090 g/mol. The first-order valence-corrected chi connectivity index (χ1v) is 31.7. The molecule has 2 aromatic heterocycles. The highest BCUT2D eigenvalue weighted by atomic mass is 32.1. The SMILES string of the molecule is CC(C)(C)c1ccc2c(c1)C1(C)CCCCC1(C)N2c1cc2c3c(c1)N(c1cccc4c1oc1ccccc14)c1cc4sc5ccccc5c4cc1B3c1cc3c(cc1N2c1ccc2c(c1)C(C)(C)CCC2(C)C)C(C)(C)CCC3(C)C. The second-order valence-corrected chi connectivity index (χ2v) is 31.2. The lowest BCUT2D eigenvalue weighted by Crippen LogP contribution is -2.62. The van der Waals surface area contributed by atoms with Crippen LogP contribution in [0.3, 0.4) is 0 Å². The Bertz CT molecular complexity index is 4430. The topological polar surface area (TPSA) is 22.9 Å². The zero-order chi connectivity index (χ0) is 56.6. The maximum Gasteiger partial charge on any atom is 0.252 e. The molecule has 2 atom stereocenters. The van der Waals surface area contributed by atoms with Gasteiger partial charge >= 0.3 is 0 Å². The van der Waals surface area contributed by atoms with Crippen LogP contribution in [-0.2, 0) is 32.5 Å². The summed E-state index contributed by atoms with van der Waals surface area (Å²) in [5, 5.41) is 4.95. The standard InChI is InChI=1S/C76H78BN3OS/c1-70(2,3)45-27-30-59-56(37-45)75(12)31-18-19-32-76(75,13)80(59)47-39-63-68-64(40-47)79(60-24-20-23-50-48-21-14-16-25-65(48)81-69(50)60)62-44-67-51(49-22-15-17-26-66(49)82-67)41-57(62)77(68)58-42-54-55(74(10,11)36-35-73(54,8)9)43-61(58)78(63)46-28-29-52-53(38-46)72(6,7)34-33-71(52,4)5/h14-17,20-30,37-44H,18-19,31-36H2,1-13H3. The van der Waals surface area contributed by atoms with Crippen molar-refractivity contribution in [3.8, 4) is 0 Å². The number of anilines is 8. The summed E-state index contributed by atoms with van der Waals surface area (Å²) in [6.45, 7) is 32.3. The van der Waals surface area contributed by atoms with Crippen LogP contribution in [0.1, 0.15) is 175 Å². The van der Waals surface area contributed by atoms with Crippen molar-refractivity contribution < 1.29 is 4.42 Å². The number of nitrogens with zero attached hydrogens (tertiary/aromatic N) is 3. The number of benzene rings is 8. The third-order valence-electron chi connectivity index (χ3n) is 22.5. The zero-order valence-corrected chi connectivity index (χ0v) is 51.5. The Balaban J connectivity index is 1.08. The van der Waals surface area contributed by atoms with Crippen LogP contribution in [-0.4, -0.2) is 12.3 Å². The van der Waals surface area contributed by atoms with E-state index in [-0.39, 0.29) is 44.7 Å². The van der Waals surface area contributed by atoms with Crippen molar-refractivity contribution in [2.45, 2.75) is 179 Å². The fourth-order valence-electron chi connectivity index (χ4n) is 17.2. The third-order valence-corrected chi connectivity index (χ3v) is 23.6. The van der Waals surface area contributed by atoms with Crippen molar-refractivity contribution in [1.29, 1.82) is 0 Å². The predicted octanol–water partition coefficient (Wildman–Crippen LogP) is 19.8. The van der Waals surface area contributed by atoms with Gasteiger partial charge in [0.1, 0.15) is 5.58 Å². The fourth-order valence-corrected chi connectivity index (χ4v) is 18.3. The number of rotatable bonds is 3. The summed E-state index contributed by atoms with van der Waals surface area (Å²) in [6, 6.07) is 55.7. The first-order valence-electron chi connectivity index (χ1n) is 30.9. The van der Waals surface area contributed by atoms with Crippen LogP contribution in [0, 0.1) is 0 Å². The maximum absolute atomic E-state index is 7.20. The molecule has 2 unspecified atom stereocenters. The summed E-state index contributed by atoms with van der Waals surface area (Å²) >= 11 is 1.92. The van der Waals surface area contributed by atoms with Crippen LogP contribution in [0.5, 0.6) is 0 Å². The molecule has 0 radical (unpaired) electrons. The molecule has 8 aromatic carbocycles. The Labute approximate surface area is 490 Å². The van der Waals surface area contributed by atoms with Crippen LogP contribution in [0.4, 0.5) is 45.5 Å². The highest BCUT2D eigenvalue weighted by molar-refractivity contribution is 7.26. The molecular formula is C76H78BN3OS. The molecule has 1 saturated carbocycles. The van der Waals surface area contributed by atoms with E-state index < -0.39 is 0 Å². The molecule has 4 nitrogen and oxygen atoms in total. The van der Waals surface area contributed by atoms with E-state index in [1.165, 1.54) is 129 Å². The Morgan fingerprint density at radius 2 is 1.06 bits per heavy atom. The normalized spacial score (nSPS) is 22.5. The number of thiophene rings is 1. The minimum Gasteiger partial charge on any atom is -0.454 e. The van der Waals surface area contributed by atoms with Crippen LogP contribution >= 0.6 is 11.3 Å². The summed E-state index contributed by atoms with van der Waals surface area (Å²) < 4.78 is 9.82. The average Bonchev–Trinajstić information content (AvgIpc) is 2.22. The van der Waals surface area contributed by atoms with Crippen molar-refractivity contribution in [3.63, 3.8) is 0 Å². The molecule has 0 saturated heterocycles. The van der Waals surface area contributed by atoms with Gasteiger partial charge in [-0.2, -0.15) is 0 Å². The number of hydrogen-bond acceptors (Lipinski definition) is 5. The Kier molecular flexibility index (Phi) is 10.3.